The first-order valence-electron chi connectivity index (χ1n) is 6.64. The number of nitrogens with zero attached hydrogens (tertiary/aromatic N) is 2. The number of non-ortho nitro benzene ring substituents is 1. The van der Waals surface area contributed by atoms with Crippen molar-refractivity contribution in [2.45, 2.75) is 6.04 Å². The number of carbonyl (C=O) groups is 1. The number of rotatable bonds is 3. The first-order valence-corrected chi connectivity index (χ1v) is 6.64. The van der Waals surface area contributed by atoms with Crippen LogP contribution in [0, 0.1) is 15.9 Å². The molecule has 0 aromatic heterocycles. The zero-order valence-electron chi connectivity index (χ0n) is 11.4. The lowest BCUT2D eigenvalue weighted by molar-refractivity contribution is -0.385. The summed E-state index contributed by atoms with van der Waals surface area (Å²) in [6, 6.07) is 11.5. The predicted octanol–water partition coefficient (Wildman–Crippen LogP) is 3.00. The van der Waals surface area contributed by atoms with Gasteiger partial charge in [0.05, 0.1) is 17.0 Å². The molecule has 1 N–H and O–H groups in total. The van der Waals surface area contributed by atoms with Crippen LogP contribution in [0.3, 0.4) is 0 Å². The molecule has 2 amide bonds. The molecule has 0 bridgehead atoms. The van der Waals surface area contributed by atoms with Gasteiger partial charge in [-0.15, -0.1) is 0 Å². The molecule has 1 saturated heterocycles. The minimum absolute atomic E-state index is 0.239. The average Bonchev–Trinajstić information content (AvgIpc) is 2.89. The summed E-state index contributed by atoms with van der Waals surface area (Å²) in [5, 5.41) is 13.4. The number of nitrogens with one attached hydrogen (secondary N) is 1. The number of halogens is 1. The lowest BCUT2D eigenvalue weighted by Gasteiger charge is -2.23. The van der Waals surface area contributed by atoms with Crippen molar-refractivity contribution in [2.24, 2.45) is 0 Å². The van der Waals surface area contributed by atoms with E-state index in [2.05, 4.69) is 5.32 Å². The van der Waals surface area contributed by atoms with E-state index in [9.17, 15) is 19.3 Å². The third-order valence-electron chi connectivity index (χ3n) is 3.57. The van der Waals surface area contributed by atoms with Gasteiger partial charge in [-0.05, 0) is 18.2 Å². The number of carbonyl (C=O) groups excluding carboxylic acids is 1. The van der Waals surface area contributed by atoms with Gasteiger partial charge in [0.1, 0.15) is 5.82 Å². The Bertz CT molecular complexity index is 736. The maximum absolute atomic E-state index is 14.2. The highest BCUT2D eigenvalue weighted by molar-refractivity contribution is 5.95. The summed E-state index contributed by atoms with van der Waals surface area (Å²) in [4.78, 5) is 23.5. The van der Waals surface area contributed by atoms with Gasteiger partial charge in [0.2, 0.25) is 0 Å². The third kappa shape index (κ3) is 2.37. The van der Waals surface area contributed by atoms with E-state index in [4.69, 9.17) is 0 Å². The van der Waals surface area contributed by atoms with Crippen molar-refractivity contribution in [1.29, 1.82) is 0 Å². The number of anilines is 1. The quantitative estimate of drug-likeness (QED) is 0.699. The van der Waals surface area contributed by atoms with Crippen LogP contribution in [0.4, 0.5) is 20.6 Å². The zero-order chi connectivity index (χ0) is 15.7. The van der Waals surface area contributed by atoms with Gasteiger partial charge in [0.25, 0.3) is 5.69 Å². The first kappa shape index (κ1) is 14.0. The molecule has 7 heteroatoms. The first-order chi connectivity index (χ1) is 10.6. The van der Waals surface area contributed by atoms with Crippen LogP contribution in [0.5, 0.6) is 0 Å². The Hall–Kier alpha value is -2.96. The van der Waals surface area contributed by atoms with E-state index in [1.165, 1.54) is 17.0 Å². The second-order valence-corrected chi connectivity index (χ2v) is 4.87. The second-order valence-electron chi connectivity index (χ2n) is 4.87. The van der Waals surface area contributed by atoms with Crippen LogP contribution >= 0.6 is 0 Å². The van der Waals surface area contributed by atoms with Crippen molar-refractivity contribution in [2.75, 3.05) is 11.4 Å². The summed E-state index contributed by atoms with van der Waals surface area (Å²) in [7, 11) is 0. The van der Waals surface area contributed by atoms with Crippen LogP contribution < -0.4 is 10.2 Å². The van der Waals surface area contributed by atoms with Crippen LogP contribution in [0.2, 0.25) is 0 Å². The summed E-state index contributed by atoms with van der Waals surface area (Å²) in [5.41, 5.74) is 0.567. The van der Waals surface area contributed by atoms with Crippen molar-refractivity contribution in [3.8, 4) is 0 Å². The van der Waals surface area contributed by atoms with Crippen LogP contribution in [-0.4, -0.2) is 17.5 Å². The van der Waals surface area contributed by atoms with Crippen molar-refractivity contribution in [1.82, 2.24) is 5.32 Å². The van der Waals surface area contributed by atoms with Crippen LogP contribution in [0.15, 0.2) is 48.5 Å². The Morgan fingerprint density at radius 2 is 1.95 bits per heavy atom. The molecule has 2 aromatic carbocycles. The highest BCUT2D eigenvalue weighted by Crippen LogP contribution is 2.32. The van der Waals surface area contributed by atoms with Crippen LogP contribution in [0.1, 0.15) is 11.6 Å². The predicted molar refractivity (Wildman–Crippen MR) is 78.1 cm³/mol. The Morgan fingerprint density at radius 1 is 1.23 bits per heavy atom. The molecule has 1 aliphatic heterocycles. The van der Waals surface area contributed by atoms with E-state index in [1.54, 1.807) is 24.3 Å². The van der Waals surface area contributed by atoms with Crippen molar-refractivity contribution < 1.29 is 14.1 Å². The van der Waals surface area contributed by atoms with Crippen molar-refractivity contribution in [3.63, 3.8) is 0 Å². The Kier molecular flexibility index (Phi) is 3.46. The Labute approximate surface area is 125 Å². The number of amides is 2. The maximum atomic E-state index is 14.2. The Balaban J connectivity index is 2.00. The van der Waals surface area contributed by atoms with Gasteiger partial charge in [-0.3, -0.25) is 15.0 Å². The molecule has 2 aromatic rings. The highest BCUT2D eigenvalue weighted by Gasteiger charge is 2.35. The molecule has 112 valence electrons. The molecule has 1 atom stereocenters. The van der Waals surface area contributed by atoms with Crippen LogP contribution in [0.25, 0.3) is 0 Å². The van der Waals surface area contributed by atoms with Gasteiger partial charge in [-0.25, -0.2) is 9.18 Å². The molecule has 0 spiro atoms. The topological polar surface area (TPSA) is 75.5 Å². The number of urea groups is 1. The van der Waals surface area contributed by atoms with Gasteiger partial charge in [-0.2, -0.15) is 0 Å². The van der Waals surface area contributed by atoms with E-state index in [1.807, 2.05) is 6.07 Å². The van der Waals surface area contributed by atoms with E-state index < -0.39 is 16.8 Å². The van der Waals surface area contributed by atoms with Crippen molar-refractivity contribution in [3.05, 3.63) is 70.0 Å². The monoisotopic (exact) mass is 301 g/mol. The van der Waals surface area contributed by atoms with E-state index in [0.717, 1.165) is 6.07 Å². The van der Waals surface area contributed by atoms with Gasteiger partial charge in [0, 0.05) is 23.9 Å². The summed E-state index contributed by atoms with van der Waals surface area (Å²) in [5.74, 6) is -0.698. The lowest BCUT2D eigenvalue weighted by atomic mass is 10.0. The molecule has 0 aliphatic carbocycles. The molecule has 1 aliphatic rings. The van der Waals surface area contributed by atoms with E-state index in [-0.39, 0.29) is 23.8 Å². The molecule has 1 heterocycles. The summed E-state index contributed by atoms with van der Waals surface area (Å²) < 4.78 is 14.2. The molecule has 0 radical (unpaired) electrons. The fourth-order valence-corrected chi connectivity index (χ4v) is 2.54. The van der Waals surface area contributed by atoms with E-state index in [0.29, 0.717) is 5.69 Å². The van der Waals surface area contributed by atoms with Gasteiger partial charge < -0.3 is 5.32 Å². The largest absolute Gasteiger partial charge is 0.335 e. The van der Waals surface area contributed by atoms with Gasteiger partial charge in [0.15, 0.2) is 0 Å². The SMILES string of the molecule is O=C1NCC(c2ccc([N+](=O)[O-])cc2F)N1c1ccccc1. The number of para-hydroxylation sites is 1. The number of nitro benzene ring substituents is 1. The molecule has 1 fully saturated rings. The van der Waals surface area contributed by atoms with Crippen molar-refractivity contribution >= 4 is 17.4 Å². The third-order valence-corrected chi connectivity index (χ3v) is 3.57. The molecular weight excluding hydrogens is 289 g/mol. The fraction of sp³-hybridized carbons (Fsp3) is 0.133. The molecule has 3 rings (SSSR count). The minimum Gasteiger partial charge on any atom is -0.335 e. The molecular formula is C15H12FN3O3. The van der Waals surface area contributed by atoms with Crippen LogP contribution in [-0.2, 0) is 0 Å². The smallest absolute Gasteiger partial charge is 0.322 e. The average molecular weight is 301 g/mol. The number of hydrogen-bond donors (Lipinski definition) is 1. The van der Waals surface area contributed by atoms with Gasteiger partial charge in [-0.1, -0.05) is 18.2 Å². The number of benzene rings is 2. The number of hydrogen-bond acceptors (Lipinski definition) is 3. The molecule has 6 nitrogen and oxygen atoms in total. The second kappa shape index (κ2) is 5.44. The lowest BCUT2D eigenvalue weighted by Crippen LogP contribution is -2.29. The molecule has 1 unspecified atom stereocenters. The highest BCUT2D eigenvalue weighted by atomic mass is 19.1. The summed E-state index contributed by atoms with van der Waals surface area (Å²) >= 11 is 0. The normalized spacial score (nSPS) is 17.4. The standard InChI is InChI=1S/C15H12FN3O3/c16-13-8-11(19(21)22)6-7-12(13)14-9-17-15(20)18(14)10-4-2-1-3-5-10/h1-8,14H,9H2,(H,17,20). The zero-order valence-corrected chi connectivity index (χ0v) is 11.4. The van der Waals surface area contributed by atoms with Gasteiger partial charge >= 0.3 is 6.03 Å². The maximum Gasteiger partial charge on any atom is 0.322 e. The molecule has 22 heavy (non-hydrogen) atoms. The Morgan fingerprint density at radius 3 is 2.59 bits per heavy atom. The molecule has 0 saturated carbocycles. The minimum atomic E-state index is -0.698. The summed E-state index contributed by atoms with van der Waals surface area (Å²) in [6.45, 7) is 0.239. The fourth-order valence-electron chi connectivity index (χ4n) is 2.54. The number of nitro groups is 1. The van der Waals surface area contributed by atoms with E-state index >= 15 is 0 Å². The summed E-state index contributed by atoms with van der Waals surface area (Å²) in [6.07, 6.45) is 0.